The van der Waals surface area contributed by atoms with Gasteiger partial charge in [-0.05, 0) is 5.56 Å². The second-order valence-electron chi connectivity index (χ2n) is 5.66. The lowest BCUT2D eigenvalue weighted by molar-refractivity contribution is -0.394. The predicted octanol–water partition coefficient (Wildman–Crippen LogP) is 2.34. The molecule has 0 spiro atoms. The van der Waals surface area contributed by atoms with Crippen LogP contribution in [0.15, 0.2) is 48.5 Å². The quantitative estimate of drug-likeness (QED) is 0.360. The summed E-state index contributed by atoms with van der Waals surface area (Å²) in [7, 11) is 0. The van der Waals surface area contributed by atoms with Crippen molar-refractivity contribution < 1.29 is 19.4 Å². The fraction of sp³-hybridized carbons (Fsp3) is 0.125. The molecule has 1 heterocycles. The highest BCUT2D eigenvalue weighted by Crippen LogP contribution is 2.37. The first-order chi connectivity index (χ1) is 12.8. The summed E-state index contributed by atoms with van der Waals surface area (Å²) >= 11 is 6.04. The van der Waals surface area contributed by atoms with Crippen molar-refractivity contribution in [1.82, 2.24) is 10.4 Å². The first-order valence-corrected chi connectivity index (χ1v) is 8.00. The summed E-state index contributed by atoms with van der Waals surface area (Å²) in [6, 6.07) is 10.6. The Balaban J connectivity index is 1.87. The molecule has 0 aliphatic carbocycles. The van der Waals surface area contributed by atoms with E-state index in [0.717, 1.165) is 23.2 Å². The van der Waals surface area contributed by atoms with Crippen molar-refractivity contribution in [2.75, 3.05) is 0 Å². The molecule has 0 bridgehead atoms. The second-order valence-corrected chi connectivity index (χ2v) is 6.13. The van der Waals surface area contributed by atoms with Gasteiger partial charge in [0.15, 0.2) is 0 Å². The number of non-ortho nitro benzene ring substituents is 2. The molecule has 1 aliphatic heterocycles. The highest BCUT2D eigenvalue weighted by molar-refractivity contribution is 6.33. The van der Waals surface area contributed by atoms with Crippen molar-refractivity contribution in [2.24, 2.45) is 0 Å². The number of alkyl halides is 1. The fourth-order valence-electron chi connectivity index (χ4n) is 2.66. The van der Waals surface area contributed by atoms with Crippen molar-refractivity contribution in [2.45, 2.75) is 11.4 Å². The van der Waals surface area contributed by atoms with E-state index in [1.54, 1.807) is 30.3 Å². The van der Waals surface area contributed by atoms with Crippen LogP contribution in [0, 0.1) is 20.2 Å². The summed E-state index contributed by atoms with van der Waals surface area (Å²) < 4.78 is 0. The Hall–Kier alpha value is -3.53. The monoisotopic (exact) mass is 390 g/mol. The number of halogens is 1. The summed E-state index contributed by atoms with van der Waals surface area (Å²) in [6.07, 6.45) is 0. The van der Waals surface area contributed by atoms with Gasteiger partial charge in [-0.15, -0.1) is 11.6 Å². The van der Waals surface area contributed by atoms with Crippen LogP contribution in [0.3, 0.4) is 0 Å². The van der Waals surface area contributed by atoms with Gasteiger partial charge in [0.1, 0.15) is 11.4 Å². The normalized spacial score (nSPS) is 18.6. The average molecular weight is 391 g/mol. The number of carbonyl (C=O) groups is 2. The summed E-state index contributed by atoms with van der Waals surface area (Å²) in [4.78, 5) is 44.6. The van der Waals surface area contributed by atoms with Crippen molar-refractivity contribution in [1.29, 1.82) is 0 Å². The number of amides is 2. The smallest absolute Gasteiger partial charge is 0.271 e. The van der Waals surface area contributed by atoms with E-state index in [2.05, 4.69) is 5.43 Å². The molecule has 1 aliphatic rings. The molecule has 2 aromatic rings. The molecular formula is C16H11ClN4O6. The van der Waals surface area contributed by atoms with Crippen LogP contribution in [0.5, 0.6) is 0 Å². The van der Waals surface area contributed by atoms with Gasteiger partial charge in [-0.2, -0.15) is 0 Å². The number of carbonyl (C=O) groups excluding carboxylic acids is 2. The van der Waals surface area contributed by atoms with E-state index in [-0.39, 0.29) is 5.56 Å². The fourth-order valence-corrected chi connectivity index (χ4v) is 3.02. The number of β-lactam (4-membered cyclic amide) rings is 1. The molecule has 11 heteroatoms. The minimum Gasteiger partial charge on any atom is -0.271 e. The van der Waals surface area contributed by atoms with E-state index in [1.165, 1.54) is 0 Å². The number of rotatable bonds is 5. The third-order valence-electron chi connectivity index (χ3n) is 3.98. The van der Waals surface area contributed by atoms with Crippen LogP contribution < -0.4 is 5.43 Å². The zero-order valence-corrected chi connectivity index (χ0v) is 14.2. The molecule has 1 N–H and O–H groups in total. The third-order valence-corrected chi connectivity index (χ3v) is 4.40. The molecule has 2 amide bonds. The van der Waals surface area contributed by atoms with Gasteiger partial charge in [0.2, 0.25) is 0 Å². The number of hydrogen-bond acceptors (Lipinski definition) is 6. The zero-order chi connectivity index (χ0) is 19.7. The standard InChI is InChI=1S/C16H11ClN4O6/c17-13-14(9-4-2-1-3-5-9)19(16(13)23)18-15(22)10-6-11(20(24)25)8-12(7-10)21(26)27/h1-8,13-14H,(H,18,22). The summed E-state index contributed by atoms with van der Waals surface area (Å²) in [5.74, 6) is -1.46. The van der Waals surface area contributed by atoms with Crippen molar-refractivity contribution in [3.8, 4) is 0 Å². The topological polar surface area (TPSA) is 136 Å². The number of hydrogen-bond donors (Lipinski definition) is 1. The average Bonchev–Trinajstić information content (AvgIpc) is 2.67. The van der Waals surface area contributed by atoms with Crippen LogP contribution in [0.2, 0.25) is 0 Å². The molecule has 2 aromatic carbocycles. The number of hydrazine groups is 1. The Morgan fingerprint density at radius 2 is 1.59 bits per heavy atom. The van der Waals surface area contributed by atoms with Crippen LogP contribution in [0.1, 0.15) is 22.0 Å². The van der Waals surface area contributed by atoms with Crippen LogP contribution >= 0.6 is 11.6 Å². The maximum Gasteiger partial charge on any atom is 0.277 e. The number of nitro benzene ring substituents is 2. The molecule has 0 radical (unpaired) electrons. The minimum atomic E-state index is -0.903. The molecule has 138 valence electrons. The van der Waals surface area contributed by atoms with Gasteiger partial charge in [-0.25, -0.2) is 5.01 Å². The van der Waals surface area contributed by atoms with Crippen LogP contribution in [0.4, 0.5) is 11.4 Å². The van der Waals surface area contributed by atoms with Crippen LogP contribution in [0.25, 0.3) is 0 Å². The van der Waals surface area contributed by atoms with Gasteiger partial charge >= 0.3 is 0 Å². The molecule has 2 unspecified atom stereocenters. The molecular weight excluding hydrogens is 380 g/mol. The van der Waals surface area contributed by atoms with Gasteiger partial charge < -0.3 is 0 Å². The molecule has 27 heavy (non-hydrogen) atoms. The first kappa shape index (κ1) is 18.3. The second kappa shape index (κ2) is 7.00. The minimum absolute atomic E-state index is 0.325. The number of nitro groups is 2. The van der Waals surface area contributed by atoms with E-state index >= 15 is 0 Å². The van der Waals surface area contributed by atoms with Crippen LogP contribution in [-0.2, 0) is 4.79 Å². The Kier molecular flexibility index (Phi) is 4.74. The molecule has 1 fully saturated rings. The van der Waals surface area contributed by atoms with Gasteiger partial charge in [0.25, 0.3) is 23.2 Å². The highest BCUT2D eigenvalue weighted by atomic mass is 35.5. The van der Waals surface area contributed by atoms with Gasteiger partial charge in [-0.1, -0.05) is 30.3 Å². The SMILES string of the molecule is O=C(NN1C(=O)C(Cl)C1c1ccccc1)c1cc([N+](=O)[O-])cc([N+](=O)[O-])c1. The Morgan fingerprint density at radius 1 is 1.04 bits per heavy atom. The molecule has 2 atom stereocenters. The van der Waals surface area contributed by atoms with Gasteiger partial charge in [-0.3, -0.25) is 35.2 Å². The maximum atomic E-state index is 12.4. The zero-order valence-electron chi connectivity index (χ0n) is 13.4. The molecule has 10 nitrogen and oxygen atoms in total. The lowest BCUT2D eigenvalue weighted by Gasteiger charge is -2.43. The summed E-state index contributed by atoms with van der Waals surface area (Å²) in [5, 5.41) is 22.0. The van der Waals surface area contributed by atoms with E-state index in [0.29, 0.717) is 5.56 Å². The maximum absolute atomic E-state index is 12.4. The lowest BCUT2D eigenvalue weighted by Crippen LogP contribution is -2.63. The van der Waals surface area contributed by atoms with Crippen molar-refractivity contribution in [3.05, 3.63) is 79.9 Å². The summed E-state index contributed by atoms with van der Waals surface area (Å²) in [6.45, 7) is 0. The van der Waals surface area contributed by atoms with Crippen molar-refractivity contribution in [3.63, 3.8) is 0 Å². The molecule has 1 saturated heterocycles. The largest absolute Gasteiger partial charge is 0.277 e. The Labute approximate surface area is 156 Å². The third kappa shape index (κ3) is 3.42. The van der Waals surface area contributed by atoms with Crippen LogP contribution in [-0.4, -0.2) is 32.0 Å². The molecule has 0 aromatic heterocycles. The first-order valence-electron chi connectivity index (χ1n) is 7.56. The summed E-state index contributed by atoms with van der Waals surface area (Å²) in [5.41, 5.74) is 1.44. The van der Waals surface area contributed by atoms with Gasteiger partial charge in [0.05, 0.1) is 21.5 Å². The number of nitrogens with one attached hydrogen (secondary N) is 1. The lowest BCUT2D eigenvalue weighted by atomic mass is 9.95. The molecule has 0 saturated carbocycles. The van der Waals surface area contributed by atoms with Crippen molar-refractivity contribution >= 4 is 34.8 Å². The van der Waals surface area contributed by atoms with Gasteiger partial charge in [0, 0.05) is 12.1 Å². The Morgan fingerprint density at radius 3 is 2.11 bits per heavy atom. The number of nitrogens with zero attached hydrogens (tertiary/aromatic N) is 3. The van der Waals surface area contributed by atoms with E-state index in [9.17, 15) is 29.8 Å². The van der Waals surface area contributed by atoms with E-state index in [4.69, 9.17) is 11.6 Å². The van der Waals surface area contributed by atoms with E-state index in [1.807, 2.05) is 0 Å². The van der Waals surface area contributed by atoms with E-state index < -0.39 is 44.5 Å². The highest BCUT2D eigenvalue weighted by Gasteiger charge is 2.48. The predicted molar refractivity (Wildman–Crippen MR) is 92.9 cm³/mol. The number of benzene rings is 2. The Bertz CT molecular complexity index is 919. The molecule has 3 rings (SSSR count).